The molecule has 120 valence electrons. The molecular formula is C18H19NO4. The van der Waals surface area contributed by atoms with Gasteiger partial charge in [0.2, 0.25) is 0 Å². The molecule has 0 saturated carbocycles. The molecule has 0 unspecified atom stereocenters. The number of carbonyl (C=O) groups is 2. The minimum atomic E-state index is -0.863. The number of fused-ring (bicyclic) bond motifs is 1. The Morgan fingerprint density at radius 3 is 2.74 bits per heavy atom. The van der Waals surface area contributed by atoms with E-state index in [0.29, 0.717) is 18.7 Å². The Bertz CT molecular complexity index is 722. The minimum absolute atomic E-state index is 0.355. The van der Waals surface area contributed by atoms with Gasteiger partial charge in [-0.05, 0) is 42.7 Å². The van der Waals surface area contributed by atoms with Crippen molar-refractivity contribution in [3.63, 3.8) is 0 Å². The van der Waals surface area contributed by atoms with E-state index in [0.717, 1.165) is 17.2 Å². The van der Waals surface area contributed by atoms with Gasteiger partial charge in [-0.3, -0.25) is 4.79 Å². The monoisotopic (exact) mass is 313 g/mol. The van der Waals surface area contributed by atoms with Crippen LogP contribution in [0.5, 0.6) is 0 Å². The normalized spacial score (nSPS) is 18.6. The molecule has 5 heteroatoms. The summed E-state index contributed by atoms with van der Waals surface area (Å²) in [5, 5.41) is 4.91. The fourth-order valence-electron chi connectivity index (χ4n) is 2.58. The van der Waals surface area contributed by atoms with Crippen molar-refractivity contribution in [1.29, 1.82) is 0 Å². The molecule has 1 heterocycles. The number of benzene rings is 2. The third-order valence-electron chi connectivity index (χ3n) is 3.87. The van der Waals surface area contributed by atoms with Crippen LogP contribution in [0, 0.1) is 0 Å². The van der Waals surface area contributed by atoms with E-state index < -0.39 is 18.2 Å². The number of amides is 1. The maximum absolute atomic E-state index is 12.2. The van der Waals surface area contributed by atoms with Gasteiger partial charge in [-0.1, -0.05) is 30.3 Å². The molecule has 0 spiro atoms. The van der Waals surface area contributed by atoms with E-state index in [9.17, 15) is 9.59 Å². The van der Waals surface area contributed by atoms with Crippen molar-refractivity contribution in [2.75, 3.05) is 11.9 Å². The Hall–Kier alpha value is -2.40. The Labute approximate surface area is 134 Å². The van der Waals surface area contributed by atoms with Crippen molar-refractivity contribution < 1.29 is 19.1 Å². The third-order valence-corrected chi connectivity index (χ3v) is 3.87. The van der Waals surface area contributed by atoms with Crippen LogP contribution in [-0.4, -0.2) is 30.7 Å². The van der Waals surface area contributed by atoms with Gasteiger partial charge in [-0.2, -0.15) is 0 Å². The van der Waals surface area contributed by atoms with Crippen LogP contribution in [0.4, 0.5) is 5.69 Å². The highest BCUT2D eigenvalue weighted by Crippen LogP contribution is 2.19. The lowest BCUT2D eigenvalue weighted by atomic mass is 10.1. The van der Waals surface area contributed by atoms with E-state index in [4.69, 9.17) is 9.47 Å². The van der Waals surface area contributed by atoms with E-state index in [1.807, 2.05) is 42.5 Å². The van der Waals surface area contributed by atoms with E-state index in [1.165, 1.54) is 0 Å². The zero-order valence-corrected chi connectivity index (χ0v) is 13.0. The molecule has 5 nitrogen and oxygen atoms in total. The van der Waals surface area contributed by atoms with E-state index in [2.05, 4.69) is 5.32 Å². The second-order valence-electron chi connectivity index (χ2n) is 5.63. The van der Waals surface area contributed by atoms with Crippen LogP contribution < -0.4 is 5.32 Å². The second kappa shape index (κ2) is 6.79. The van der Waals surface area contributed by atoms with Gasteiger partial charge in [0, 0.05) is 12.3 Å². The predicted octanol–water partition coefficient (Wildman–Crippen LogP) is 2.89. The molecule has 1 fully saturated rings. The maximum Gasteiger partial charge on any atom is 0.336 e. The molecule has 3 rings (SSSR count). The van der Waals surface area contributed by atoms with Gasteiger partial charge in [0.05, 0.1) is 0 Å². The van der Waals surface area contributed by atoms with Crippen molar-refractivity contribution in [3.05, 3.63) is 42.5 Å². The fourth-order valence-corrected chi connectivity index (χ4v) is 2.58. The van der Waals surface area contributed by atoms with Gasteiger partial charge in [0.25, 0.3) is 5.91 Å². The number of anilines is 1. The first kappa shape index (κ1) is 15.5. The summed E-state index contributed by atoms with van der Waals surface area (Å²) in [4.78, 5) is 24.0. The molecule has 1 N–H and O–H groups in total. The summed E-state index contributed by atoms with van der Waals surface area (Å²) in [7, 11) is 0. The smallest absolute Gasteiger partial charge is 0.336 e. The van der Waals surface area contributed by atoms with Crippen LogP contribution in [0.2, 0.25) is 0 Å². The van der Waals surface area contributed by atoms with Crippen LogP contribution in [0.1, 0.15) is 19.8 Å². The predicted molar refractivity (Wildman–Crippen MR) is 87.1 cm³/mol. The van der Waals surface area contributed by atoms with Crippen LogP contribution in [0.25, 0.3) is 10.8 Å². The highest BCUT2D eigenvalue weighted by atomic mass is 16.6. The molecule has 2 aromatic rings. The summed E-state index contributed by atoms with van der Waals surface area (Å²) >= 11 is 0. The molecule has 1 aliphatic heterocycles. The van der Waals surface area contributed by atoms with Crippen molar-refractivity contribution in [2.45, 2.75) is 32.0 Å². The first-order valence-corrected chi connectivity index (χ1v) is 7.75. The van der Waals surface area contributed by atoms with Gasteiger partial charge in [-0.25, -0.2) is 4.79 Å². The Kier molecular flexibility index (Phi) is 4.57. The largest absolute Gasteiger partial charge is 0.451 e. The molecule has 0 radical (unpaired) electrons. The Morgan fingerprint density at radius 2 is 2.00 bits per heavy atom. The van der Waals surface area contributed by atoms with E-state index in [-0.39, 0.29) is 5.91 Å². The molecule has 1 saturated heterocycles. The summed E-state index contributed by atoms with van der Waals surface area (Å²) < 4.78 is 10.4. The van der Waals surface area contributed by atoms with Crippen LogP contribution in [-0.2, 0) is 19.1 Å². The minimum Gasteiger partial charge on any atom is -0.451 e. The van der Waals surface area contributed by atoms with E-state index >= 15 is 0 Å². The topological polar surface area (TPSA) is 64.6 Å². The zero-order valence-electron chi connectivity index (χ0n) is 13.0. The van der Waals surface area contributed by atoms with Gasteiger partial charge >= 0.3 is 5.97 Å². The highest BCUT2D eigenvalue weighted by Gasteiger charge is 2.28. The van der Waals surface area contributed by atoms with Crippen molar-refractivity contribution in [3.8, 4) is 0 Å². The van der Waals surface area contributed by atoms with E-state index in [1.54, 1.807) is 6.92 Å². The summed E-state index contributed by atoms with van der Waals surface area (Å²) in [6.45, 7) is 2.13. The molecule has 2 atom stereocenters. The summed E-state index contributed by atoms with van der Waals surface area (Å²) in [6, 6.07) is 13.6. The quantitative estimate of drug-likeness (QED) is 0.882. The maximum atomic E-state index is 12.2. The second-order valence-corrected chi connectivity index (χ2v) is 5.63. The first-order valence-electron chi connectivity index (χ1n) is 7.75. The molecule has 23 heavy (non-hydrogen) atoms. The number of rotatable bonds is 4. The molecule has 1 amide bonds. The average molecular weight is 313 g/mol. The fraction of sp³-hybridized carbons (Fsp3) is 0.333. The number of esters is 1. The number of hydrogen-bond donors (Lipinski definition) is 1. The zero-order chi connectivity index (χ0) is 16.2. The molecule has 2 aromatic carbocycles. The van der Waals surface area contributed by atoms with Crippen molar-refractivity contribution >= 4 is 28.3 Å². The third kappa shape index (κ3) is 3.68. The average Bonchev–Trinajstić information content (AvgIpc) is 3.09. The SMILES string of the molecule is C[C@H](OC(=O)[C@@H]1CCCO1)C(=O)Nc1ccc2ccccc2c1. The molecule has 0 bridgehead atoms. The lowest BCUT2D eigenvalue weighted by Gasteiger charge is -2.16. The summed E-state index contributed by atoms with van der Waals surface area (Å²) in [6.07, 6.45) is 0.0963. The Morgan fingerprint density at radius 1 is 1.22 bits per heavy atom. The standard InChI is InChI=1S/C18H19NO4/c1-12(23-18(21)16-7-4-10-22-16)17(20)19-15-9-8-13-5-2-3-6-14(13)11-15/h2-3,5-6,8-9,11-12,16H,4,7,10H2,1H3,(H,19,20)/t12-,16-/m0/s1. The van der Waals surface area contributed by atoms with Gasteiger partial charge in [-0.15, -0.1) is 0 Å². The molecular weight excluding hydrogens is 294 g/mol. The molecule has 1 aliphatic rings. The Balaban J connectivity index is 1.61. The van der Waals surface area contributed by atoms with Crippen molar-refractivity contribution in [2.24, 2.45) is 0 Å². The number of nitrogens with one attached hydrogen (secondary N) is 1. The lowest BCUT2D eigenvalue weighted by molar-refractivity contribution is -0.162. The summed E-state index contributed by atoms with van der Waals surface area (Å²) in [5.41, 5.74) is 0.675. The summed E-state index contributed by atoms with van der Waals surface area (Å²) in [5.74, 6) is -0.824. The molecule has 0 aromatic heterocycles. The van der Waals surface area contributed by atoms with Gasteiger partial charge in [0.15, 0.2) is 12.2 Å². The van der Waals surface area contributed by atoms with Gasteiger partial charge in [0.1, 0.15) is 0 Å². The van der Waals surface area contributed by atoms with Crippen LogP contribution in [0.3, 0.4) is 0 Å². The number of ether oxygens (including phenoxy) is 2. The lowest BCUT2D eigenvalue weighted by Crippen LogP contribution is -2.33. The first-order chi connectivity index (χ1) is 11.1. The van der Waals surface area contributed by atoms with Crippen molar-refractivity contribution in [1.82, 2.24) is 0 Å². The van der Waals surface area contributed by atoms with Crippen LogP contribution >= 0.6 is 0 Å². The van der Waals surface area contributed by atoms with Gasteiger partial charge < -0.3 is 14.8 Å². The van der Waals surface area contributed by atoms with Crippen LogP contribution in [0.15, 0.2) is 42.5 Å². The highest BCUT2D eigenvalue weighted by molar-refractivity contribution is 5.97. The number of hydrogen-bond acceptors (Lipinski definition) is 4. The molecule has 0 aliphatic carbocycles. The number of carbonyl (C=O) groups excluding carboxylic acids is 2.